The highest BCUT2D eigenvalue weighted by atomic mass is 35.5. The Labute approximate surface area is 130 Å². The number of alkyl halides is 3. The Kier molecular flexibility index (Phi) is 4.69. The maximum atomic E-state index is 12.5. The maximum absolute atomic E-state index is 12.5. The first-order chi connectivity index (χ1) is 9.77. The molecule has 0 aliphatic heterocycles. The Balaban J connectivity index is 2.12. The Morgan fingerprint density at radius 3 is 2.10 bits per heavy atom. The van der Waals surface area contributed by atoms with E-state index in [4.69, 9.17) is 23.2 Å². The Morgan fingerprint density at radius 2 is 1.57 bits per heavy atom. The smallest absolute Gasteiger partial charge is 0.379 e. The minimum atomic E-state index is -4.33. The molecule has 2 rings (SSSR count). The highest BCUT2D eigenvalue weighted by Crippen LogP contribution is 2.31. The van der Waals surface area contributed by atoms with Gasteiger partial charge in [-0.1, -0.05) is 29.3 Å². The van der Waals surface area contributed by atoms with E-state index in [1.54, 1.807) is 12.1 Å². The summed E-state index contributed by atoms with van der Waals surface area (Å²) in [5.41, 5.74) is 0.820. The molecule has 0 aromatic heterocycles. The number of anilines is 1. The van der Waals surface area contributed by atoms with E-state index in [9.17, 15) is 13.2 Å². The molecule has 6 heteroatoms. The summed E-state index contributed by atoms with van der Waals surface area (Å²) >= 11 is 11.8. The van der Waals surface area contributed by atoms with E-state index in [1.807, 2.05) is 13.0 Å². The summed E-state index contributed by atoms with van der Waals surface area (Å²) in [6, 6.07) is 10.0. The molecule has 1 nitrogen and oxygen atoms in total. The predicted octanol–water partition coefficient (Wildman–Crippen LogP) is 6.19. The van der Waals surface area contributed by atoms with Crippen LogP contribution in [0.3, 0.4) is 0 Å². The van der Waals surface area contributed by atoms with Crippen molar-refractivity contribution in [2.75, 3.05) is 5.32 Å². The summed E-state index contributed by atoms with van der Waals surface area (Å²) in [5.74, 6) is 0. The molecule has 0 amide bonds. The average Bonchev–Trinajstić information content (AvgIpc) is 2.41. The maximum Gasteiger partial charge on any atom is 0.416 e. The van der Waals surface area contributed by atoms with Gasteiger partial charge >= 0.3 is 6.18 Å². The van der Waals surface area contributed by atoms with Gasteiger partial charge in [0, 0.05) is 11.7 Å². The van der Waals surface area contributed by atoms with Crippen LogP contribution in [0.25, 0.3) is 0 Å². The monoisotopic (exact) mass is 333 g/mol. The van der Waals surface area contributed by atoms with Crippen LogP contribution in [0, 0.1) is 0 Å². The number of halogens is 5. The fraction of sp³-hybridized carbons (Fsp3) is 0.200. The largest absolute Gasteiger partial charge is 0.416 e. The van der Waals surface area contributed by atoms with Gasteiger partial charge in [-0.2, -0.15) is 13.2 Å². The minimum absolute atomic E-state index is 0.114. The topological polar surface area (TPSA) is 12.0 Å². The summed E-state index contributed by atoms with van der Waals surface area (Å²) in [5, 5.41) is 4.01. The van der Waals surface area contributed by atoms with Crippen molar-refractivity contribution in [1.82, 2.24) is 0 Å². The summed E-state index contributed by atoms with van der Waals surface area (Å²) in [6.45, 7) is 1.89. The van der Waals surface area contributed by atoms with Crippen molar-refractivity contribution < 1.29 is 13.2 Å². The molecule has 0 aliphatic carbocycles. The van der Waals surface area contributed by atoms with Crippen molar-refractivity contribution in [2.24, 2.45) is 0 Å². The molecular weight excluding hydrogens is 322 g/mol. The Morgan fingerprint density at radius 1 is 0.952 bits per heavy atom. The molecule has 21 heavy (non-hydrogen) atoms. The van der Waals surface area contributed by atoms with Crippen LogP contribution >= 0.6 is 23.2 Å². The van der Waals surface area contributed by atoms with Crippen molar-refractivity contribution in [3.8, 4) is 0 Å². The zero-order valence-corrected chi connectivity index (χ0v) is 12.5. The molecule has 1 N–H and O–H groups in total. The lowest BCUT2D eigenvalue weighted by atomic mass is 10.1. The Bertz CT molecular complexity index is 624. The van der Waals surface area contributed by atoms with Crippen LogP contribution in [0.15, 0.2) is 42.5 Å². The van der Waals surface area contributed by atoms with Crippen LogP contribution < -0.4 is 5.32 Å². The van der Waals surface area contributed by atoms with E-state index in [2.05, 4.69) is 5.32 Å². The molecule has 0 saturated heterocycles. The van der Waals surface area contributed by atoms with Crippen molar-refractivity contribution in [1.29, 1.82) is 0 Å². The summed E-state index contributed by atoms with van der Waals surface area (Å²) in [4.78, 5) is 0. The van der Waals surface area contributed by atoms with Crippen LogP contribution in [0.5, 0.6) is 0 Å². The molecule has 1 unspecified atom stereocenters. The number of nitrogens with one attached hydrogen (secondary N) is 1. The third kappa shape index (κ3) is 4.05. The number of benzene rings is 2. The first-order valence-electron chi connectivity index (χ1n) is 6.16. The van der Waals surface area contributed by atoms with Gasteiger partial charge in [-0.3, -0.25) is 0 Å². The normalized spacial score (nSPS) is 13.0. The van der Waals surface area contributed by atoms with Gasteiger partial charge in [0.1, 0.15) is 0 Å². The first-order valence-corrected chi connectivity index (χ1v) is 6.91. The molecule has 1 atom stereocenters. The molecule has 0 spiro atoms. The zero-order valence-electron chi connectivity index (χ0n) is 11.0. The van der Waals surface area contributed by atoms with Crippen molar-refractivity contribution >= 4 is 28.9 Å². The molecule has 2 aromatic carbocycles. The van der Waals surface area contributed by atoms with Gasteiger partial charge in [0.15, 0.2) is 0 Å². The van der Waals surface area contributed by atoms with Gasteiger partial charge < -0.3 is 5.32 Å². The van der Waals surface area contributed by atoms with Gasteiger partial charge in [0.05, 0.1) is 15.6 Å². The van der Waals surface area contributed by atoms with Crippen LogP contribution in [-0.2, 0) is 6.18 Å². The Hall–Kier alpha value is -1.39. The summed E-state index contributed by atoms with van der Waals surface area (Å²) in [6.07, 6.45) is -4.33. The van der Waals surface area contributed by atoms with E-state index in [0.717, 1.165) is 17.7 Å². The third-order valence-corrected chi connectivity index (χ3v) is 3.78. The second-order valence-electron chi connectivity index (χ2n) is 4.61. The second-order valence-corrected chi connectivity index (χ2v) is 5.43. The molecule has 0 fully saturated rings. The first kappa shape index (κ1) is 16.0. The number of hydrogen-bond acceptors (Lipinski definition) is 1. The average molecular weight is 334 g/mol. The molecular formula is C15H12Cl2F3N. The van der Waals surface area contributed by atoms with Gasteiger partial charge in [0.2, 0.25) is 0 Å². The molecule has 0 saturated carbocycles. The van der Waals surface area contributed by atoms with Crippen molar-refractivity contribution in [3.05, 3.63) is 63.6 Å². The van der Waals surface area contributed by atoms with E-state index >= 15 is 0 Å². The fourth-order valence-corrected chi connectivity index (χ4v) is 2.18. The lowest BCUT2D eigenvalue weighted by Crippen LogP contribution is -2.08. The molecule has 0 aliphatic rings. The number of rotatable bonds is 3. The second kappa shape index (κ2) is 6.16. The van der Waals surface area contributed by atoms with Crippen molar-refractivity contribution in [3.63, 3.8) is 0 Å². The molecule has 0 bridgehead atoms. The highest BCUT2D eigenvalue weighted by molar-refractivity contribution is 6.42. The van der Waals surface area contributed by atoms with Crippen LogP contribution in [-0.4, -0.2) is 0 Å². The van der Waals surface area contributed by atoms with E-state index < -0.39 is 11.7 Å². The van der Waals surface area contributed by atoms with E-state index in [-0.39, 0.29) is 6.04 Å². The predicted molar refractivity (Wildman–Crippen MR) is 79.9 cm³/mol. The summed E-state index contributed by atoms with van der Waals surface area (Å²) in [7, 11) is 0. The highest BCUT2D eigenvalue weighted by Gasteiger charge is 2.29. The van der Waals surface area contributed by atoms with Gasteiger partial charge in [-0.05, 0) is 48.9 Å². The molecule has 2 aromatic rings. The van der Waals surface area contributed by atoms with Crippen LogP contribution in [0.4, 0.5) is 18.9 Å². The molecule has 0 radical (unpaired) electrons. The van der Waals surface area contributed by atoms with Crippen LogP contribution in [0.2, 0.25) is 10.0 Å². The van der Waals surface area contributed by atoms with Gasteiger partial charge in [0.25, 0.3) is 0 Å². The third-order valence-electron chi connectivity index (χ3n) is 3.04. The lowest BCUT2D eigenvalue weighted by molar-refractivity contribution is -0.137. The number of hydrogen-bond donors (Lipinski definition) is 1. The standard InChI is InChI=1S/C15H12Cl2F3N/c1-9(10-2-7-13(16)14(17)8-10)21-12-5-3-11(4-6-12)15(18,19)20/h2-9,21H,1H3. The zero-order chi connectivity index (χ0) is 15.6. The van der Waals surface area contributed by atoms with Gasteiger partial charge in [-0.15, -0.1) is 0 Å². The molecule has 0 heterocycles. The van der Waals surface area contributed by atoms with Crippen LogP contribution in [0.1, 0.15) is 24.1 Å². The minimum Gasteiger partial charge on any atom is -0.379 e. The fourth-order valence-electron chi connectivity index (χ4n) is 1.87. The van der Waals surface area contributed by atoms with Crippen molar-refractivity contribution in [2.45, 2.75) is 19.1 Å². The SMILES string of the molecule is CC(Nc1ccc(C(F)(F)F)cc1)c1ccc(Cl)c(Cl)c1. The quantitative estimate of drug-likeness (QED) is 0.706. The van der Waals surface area contributed by atoms with E-state index in [0.29, 0.717) is 15.7 Å². The lowest BCUT2D eigenvalue weighted by Gasteiger charge is -2.17. The van der Waals surface area contributed by atoms with E-state index in [1.165, 1.54) is 12.1 Å². The summed E-state index contributed by atoms with van der Waals surface area (Å²) < 4.78 is 37.4. The molecule has 112 valence electrons. The van der Waals surface area contributed by atoms with Gasteiger partial charge in [-0.25, -0.2) is 0 Å².